The minimum Gasteiger partial charge on any atom is -0.497 e. The minimum absolute atomic E-state index is 0.173. The largest absolute Gasteiger partial charge is 0.497 e. The van der Waals surface area contributed by atoms with Gasteiger partial charge in [0.1, 0.15) is 17.2 Å². The Morgan fingerprint density at radius 3 is 2.43 bits per heavy atom. The topological polar surface area (TPSA) is 74.4 Å². The molecular weight excluding hydrogens is 354 g/mol. The van der Waals surface area contributed by atoms with Crippen LogP contribution < -0.4 is 9.47 Å². The van der Waals surface area contributed by atoms with Crippen molar-refractivity contribution in [2.75, 3.05) is 14.2 Å². The van der Waals surface area contributed by atoms with E-state index in [-0.39, 0.29) is 5.41 Å². The van der Waals surface area contributed by atoms with Crippen molar-refractivity contribution < 1.29 is 9.47 Å². The average molecular weight is 373 g/mol. The fourth-order valence-electron chi connectivity index (χ4n) is 3.59. The van der Waals surface area contributed by atoms with Gasteiger partial charge in [0, 0.05) is 5.56 Å². The van der Waals surface area contributed by atoms with E-state index in [0.29, 0.717) is 5.78 Å². The van der Waals surface area contributed by atoms with Crippen LogP contribution in [0.15, 0.2) is 54.7 Å². The van der Waals surface area contributed by atoms with Crippen molar-refractivity contribution in [2.24, 2.45) is 0 Å². The summed E-state index contributed by atoms with van der Waals surface area (Å²) in [7, 11) is 3.32. The van der Waals surface area contributed by atoms with Gasteiger partial charge < -0.3 is 9.47 Å². The Balaban J connectivity index is 1.60. The highest BCUT2D eigenvalue weighted by molar-refractivity contribution is 5.60. The summed E-state index contributed by atoms with van der Waals surface area (Å²) in [4.78, 5) is 4.46. The lowest BCUT2D eigenvalue weighted by Gasteiger charge is -2.14. The molecule has 5 rings (SSSR count). The number of fused-ring (bicyclic) bond motifs is 1. The maximum absolute atomic E-state index is 5.32. The van der Waals surface area contributed by atoms with Gasteiger partial charge in [-0.3, -0.25) is 0 Å². The second kappa shape index (κ2) is 6.30. The molecule has 4 aromatic rings. The average Bonchev–Trinajstić information content (AvgIpc) is 3.46. The van der Waals surface area contributed by atoms with Crippen LogP contribution in [0, 0.1) is 0 Å². The van der Waals surface area contributed by atoms with Gasteiger partial charge in [0.15, 0.2) is 5.82 Å². The predicted octanol–water partition coefficient (Wildman–Crippen LogP) is 3.28. The second-order valence-electron chi connectivity index (χ2n) is 6.92. The van der Waals surface area contributed by atoms with Gasteiger partial charge in [-0.15, -0.1) is 10.2 Å². The molecule has 0 aliphatic heterocycles. The van der Waals surface area contributed by atoms with Crippen LogP contribution in [0.1, 0.15) is 24.2 Å². The Hall–Kier alpha value is -3.48. The molecule has 140 valence electrons. The zero-order chi connectivity index (χ0) is 19.1. The van der Waals surface area contributed by atoms with Crippen LogP contribution in [-0.2, 0) is 5.41 Å². The maximum atomic E-state index is 5.32. The number of nitrogens with zero attached hydrogens (tertiary/aromatic N) is 5. The first-order valence-corrected chi connectivity index (χ1v) is 9.11. The molecule has 1 aliphatic carbocycles. The van der Waals surface area contributed by atoms with Crippen LogP contribution in [-0.4, -0.2) is 39.0 Å². The van der Waals surface area contributed by atoms with Gasteiger partial charge in [0.25, 0.3) is 5.78 Å². The molecule has 1 saturated carbocycles. The first kappa shape index (κ1) is 16.7. The monoisotopic (exact) mass is 373 g/mol. The van der Waals surface area contributed by atoms with Crippen LogP contribution in [0.3, 0.4) is 0 Å². The lowest BCUT2D eigenvalue weighted by Crippen LogP contribution is -2.15. The molecule has 1 fully saturated rings. The van der Waals surface area contributed by atoms with Gasteiger partial charge >= 0.3 is 0 Å². The summed E-state index contributed by atoms with van der Waals surface area (Å²) in [6.07, 6.45) is 3.73. The number of rotatable bonds is 5. The first-order chi connectivity index (χ1) is 13.7. The summed E-state index contributed by atoms with van der Waals surface area (Å²) >= 11 is 0. The molecule has 2 heterocycles. The number of methoxy groups -OCH3 is 2. The second-order valence-corrected chi connectivity index (χ2v) is 6.92. The molecule has 0 atom stereocenters. The smallest absolute Gasteiger partial charge is 0.271 e. The molecule has 0 N–H and O–H groups in total. The van der Waals surface area contributed by atoms with E-state index in [1.807, 2.05) is 36.4 Å². The van der Waals surface area contributed by atoms with E-state index in [0.717, 1.165) is 41.4 Å². The predicted molar refractivity (Wildman–Crippen MR) is 104 cm³/mol. The highest BCUT2D eigenvalue weighted by Gasteiger charge is 2.50. The molecule has 1 aliphatic rings. The molecule has 28 heavy (non-hydrogen) atoms. The third-order valence-electron chi connectivity index (χ3n) is 5.32. The van der Waals surface area contributed by atoms with Crippen molar-refractivity contribution in [3.63, 3.8) is 0 Å². The van der Waals surface area contributed by atoms with Crippen LogP contribution in [0.2, 0.25) is 0 Å². The van der Waals surface area contributed by atoms with Gasteiger partial charge in [-0.05, 0) is 42.7 Å². The third-order valence-corrected chi connectivity index (χ3v) is 5.32. The molecule has 0 radical (unpaired) electrons. The summed E-state index contributed by atoms with van der Waals surface area (Å²) in [6.45, 7) is 0. The van der Waals surface area contributed by atoms with Crippen LogP contribution in [0.5, 0.6) is 11.5 Å². The normalized spacial score (nSPS) is 14.8. The van der Waals surface area contributed by atoms with Crippen molar-refractivity contribution in [1.29, 1.82) is 0 Å². The SMILES string of the molecule is COc1ccc(C2(c3nnc4ncc(-c5cccc(OC)c5)nn34)CC2)cc1. The number of aromatic nitrogens is 5. The first-order valence-electron chi connectivity index (χ1n) is 9.11. The number of hydrogen-bond acceptors (Lipinski definition) is 6. The van der Waals surface area contributed by atoms with E-state index in [1.54, 1.807) is 24.9 Å². The highest BCUT2D eigenvalue weighted by Crippen LogP contribution is 2.52. The van der Waals surface area contributed by atoms with E-state index in [2.05, 4.69) is 27.3 Å². The van der Waals surface area contributed by atoms with Crippen molar-refractivity contribution in [3.8, 4) is 22.8 Å². The summed E-state index contributed by atoms with van der Waals surface area (Å²) < 4.78 is 12.4. The van der Waals surface area contributed by atoms with Crippen molar-refractivity contribution in [1.82, 2.24) is 24.8 Å². The Kier molecular flexibility index (Phi) is 3.75. The van der Waals surface area contributed by atoms with Gasteiger partial charge in [0.2, 0.25) is 0 Å². The molecule has 7 heteroatoms. The quantitative estimate of drug-likeness (QED) is 0.534. The lowest BCUT2D eigenvalue weighted by atomic mass is 9.95. The van der Waals surface area contributed by atoms with E-state index >= 15 is 0 Å². The molecule has 7 nitrogen and oxygen atoms in total. The molecule has 0 amide bonds. The molecule has 0 saturated heterocycles. The highest BCUT2D eigenvalue weighted by atomic mass is 16.5. The Morgan fingerprint density at radius 1 is 0.929 bits per heavy atom. The Bertz CT molecular complexity index is 1150. The molecule has 0 bridgehead atoms. The summed E-state index contributed by atoms with van der Waals surface area (Å²) in [5, 5.41) is 13.5. The molecule has 2 aromatic carbocycles. The van der Waals surface area contributed by atoms with Crippen LogP contribution >= 0.6 is 0 Å². The standard InChI is InChI=1S/C21H19N5O2/c1-27-16-8-6-15(7-9-16)21(10-11-21)19-23-24-20-22-13-18(25-26(19)20)14-4-3-5-17(12-14)28-2/h3-9,12-13H,10-11H2,1-2H3. The molecule has 2 aromatic heterocycles. The zero-order valence-electron chi connectivity index (χ0n) is 15.7. The van der Waals surface area contributed by atoms with E-state index in [9.17, 15) is 0 Å². The van der Waals surface area contributed by atoms with E-state index in [4.69, 9.17) is 14.6 Å². The molecular formula is C21H19N5O2. The Labute approximate surface area is 162 Å². The fraction of sp³-hybridized carbons (Fsp3) is 0.238. The van der Waals surface area contributed by atoms with E-state index in [1.165, 1.54) is 5.56 Å². The van der Waals surface area contributed by atoms with Crippen molar-refractivity contribution in [2.45, 2.75) is 18.3 Å². The Morgan fingerprint density at radius 2 is 1.71 bits per heavy atom. The number of ether oxygens (including phenoxy) is 2. The van der Waals surface area contributed by atoms with Crippen molar-refractivity contribution >= 4 is 5.78 Å². The lowest BCUT2D eigenvalue weighted by molar-refractivity contribution is 0.414. The summed E-state index contributed by atoms with van der Waals surface area (Å²) in [5.74, 6) is 2.94. The number of benzene rings is 2. The number of hydrogen-bond donors (Lipinski definition) is 0. The van der Waals surface area contributed by atoms with Gasteiger partial charge in [-0.2, -0.15) is 9.61 Å². The molecule has 0 spiro atoms. The van der Waals surface area contributed by atoms with Crippen LogP contribution in [0.4, 0.5) is 0 Å². The third kappa shape index (κ3) is 2.58. The van der Waals surface area contributed by atoms with Gasteiger partial charge in [0.05, 0.1) is 25.8 Å². The maximum Gasteiger partial charge on any atom is 0.271 e. The molecule has 0 unspecified atom stereocenters. The zero-order valence-corrected chi connectivity index (χ0v) is 15.7. The van der Waals surface area contributed by atoms with Gasteiger partial charge in [-0.25, -0.2) is 4.98 Å². The van der Waals surface area contributed by atoms with Crippen LogP contribution in [0.25, 0.3) is 17.0 Å². The summed E-state index contributed by atoms with van der Waals surface area (Å²) in [6, 6.07) is 15.9. The van der Waals surface area contributed by atoms with E-state index < -0.39 is 0 Å². The fourth-order valence-corrected chi connectivity index (χ4v) is 3.59. The summed E-state index contributed by atoms with van der Waals surface area (Å²) in [5.41, 5.74) is 2.70. The minimum atomic E-state index is -0.173. The van der Waals surface area contributed by atoms with Crippen molar-refractivity contribution in [3.05, 3.63) is 66.1 Å². The van der Waals surface area contributed by atoms with Gasteiger partial charge in [-0.1, -0.05) is 24.3 Å².